The number of carbonyl (C=O) groups excluding carboxylic acids is 1. The molecule has 4 nitrogen and oxygen atoms in total. The van der Waals surface area contributed by atoms with Crippen molar-refractivity contribution in [2.24, 2.45) is 0 Å². The van der Waals surface area contributed by atoms with Crippen LogP contribution >= 0.6 is 0 Å². The molecule has 1 aliphatic carbocycles. The van der Waals surface area contributed by atoms with Crippen LogP contribution in [0.5, 0.6) is 0 Å². The predicted molar refractivity (Wildman–Crippen MR) is 65.5 cm³/mol. The molecule has 2 rings (SSSR count). The number of nitriles is 1. The van der Waals surface area contributed by atoms with Gasteiger partial charge in [0.1, 0.15) is 11.9 Å². The van der Waals surface area contributed by atoms with E-state index in [2.05, 4.69) is 10.6 Å². The highest BCUT2D eigenvalue weighted by Crippen LogP contribution is 2.18. The van der Waals surface area contributed by atoms with Gasteiger partial charge in [0.2, 0.25) is 0 Å². The van der Waals surface area contributed by atoms with Crippen LogP contribution in [0.3, 0.4) is 0 Å². The largest absolute Gasteiger partial charge is 0.335 e. The van der Waals surface area contributed by atoms with Gasteiger partial charge in [0, 0.05) is 11.7 Å². The summed E-state index contributed by atoms with van der Waals surface area (Å²) in [5.41, 5.74) is 0.345. The van der Waals surface area contributed by atoms with Crippen LogP contribution in [0.1, 0.15) is 31.2 Å². The smallest absolute Gasteiger partial charge is 0.319 e. The number of amides is 2. The van der Waals surface area contributed by atoms with E-state index in [0.29, 0.717) is 5.69 Å². The molecule has 2 N–H and O–H groups in total. The fourth-order valence-electron chi connectivity index (χ4n) is 2.11. The SMILES string of the molecule is N#Cc1cc(NC(=O)NC2CCCC2)ccc1F. The molecule has 0 saturated heterocycles. The van der Waals surface area contributed by atoms with Crippen LogP contribution in [-0.2, 0) is 0 Å². The Bertz CT molecular complexity index is 489. The Labute approximate surface area is 105 Å². The summed E-state index contributed by atoms with van der Waals surface area (Å²) in [4.78, 5) is 11.7. The Morgan fingerprint density at radius 3 is 2.78 bits per heavy atom. The number of rotatable bonds is 2. The van der Waals surface area contributed by atoms with Gasteiger partial charge in [-0.15, -0.1) is 0 Å². The van der Waals surface area contributed by atoms with Crippen LogP contribution in [0.2, 0.25) is 0 Å². The minimum absolute atomic E-state index is 0.0753. The van der Waals surface area contributed by atoms with Gasteiger partial charge in [0.05, 0.1) is 5.56 Å². The molecule has 0 heterocycles. The summed E-state index contributed by atoms with van der Waals surface area (Å²) in [6.07, 6.45) is 4.28. The highest BCUT2D eigenvalue weighted by atomic mass is 19.1. The first-order chi connectivity index (χ1) is 8.69. The van der Waals surface area contributed by atoms with E-state index in [4.69, 9.17) is 5.26 Å². The molecule has 0 spiro atoms. The molecule has 5 heteroatoms. The lowest BCUT2D eigenvalue weighted by atomic mass is 10.2. The topological polar surface area (TPSA) is 64.9 Å². The second-order valence-electron chi connectivity index (χ2n) is 4.39. The molecule has 0 bridgehead atoms. The van der Waals surface area contributed by atoms with Gasteiger partial charge in [0.25, 0.3) is 0 Å². The first-order valence-corrected chi connectivity index (χ1v) is 5.96. The highest BCUT2D eigenvalue weighted by Gasteiger charge is 2.17. The number of carbonyl (C=O) groups is 1. The van der Waals surface area contributed by atoms with Crippen LogP contribution < -0.4 is 10.6 Å². The summed E-state index contributed by atoms with van der Waals surface area (Å²) >= 11 is 0. The monoisotopic (exact) mass is 247 g/mol. The maximum atomic E-state index is 13.1. The minimum atomic E-state index is -0.584. The third kappa shape index (κ3) is 2.98. The zero-order valence-corrected chi connectivity index (χ0v) is 9.87. The zero-order valence-electron chi connectivity index (χ0n) is 9.87. The summed E-state index contributed by atoms with van der Waals surface area (Å²) in [5.74, 6) is -0.584. The predicted octanol–water partition coefficient (Wildman–Crippen LogP) is 2.76. The molecule has 0 atom stereocenters. The standard InChI is InChI=1S/C13H14FN3O/c14-12-6-5-11(7-9(12)8-15)17-13(18)16-10-3-1-2-4-10/h5-7,10H,1-4H2,(H2,16,17,18). The van der Waals surface area contributed by atoms with E-state index in [1.165, 1.54) is 18.2 Å². The summed E-state index contributed by atoms with van der Waals surface area (Å²) < 4.78 is 13.1. The molecule has 1 aliphatic rings. The molecule has 1 saturated carbocycles. The Morgan fingerprint density at radius 2 is 2.11 bits per heavy atom. The maximum Gasteiger partial charge on any atom is 0.319 e. The second kappa shape index (κ2) is 5.50. The summed E-state index contributed by atoms with van der Waals surface area (Å²) in [6.45, 7) is 0. The molecule has 18 heavy (non-hydrogen) atoms. The van der Waals surface area contributed by atoms with Gasteiger partial charge in [-0.2, -0.15) is 5.26 Å². The molecule has 1 fully saturated rings. The molecule has 1 aromatic carbocycles. The number of benzene rings is 1. The second-order valence-corrected chi connectivity index (χ2v) is 4.39. The normalized spacial score (nSPS) is 15.1. The number of nitrogens with zero attached hydrogens (tertiary/aromatic N) is 1. The number of urea groups is 1. The molecule has 0 radical (unpaired) electrons. The van der Waals surface area contributed by atoms with Crippen molar-refractivity contribution >= 4 is 11.7 Å². The van der Waals surface area contributed by atoms with Crippen molar-refractivity contribution in [3.8, 4) is 6.07 Å². The van der Waals surface area contributed by atoms with Crippen molar-refractivity contribution < 1.29 is 9.18 Å². The van der Waals surface area contributed by atoms with E-state index >= 15 is 0 Å². The Hall–Kier alpha value is -2.09. The van der Waals surface area contributed by atoms with Gasteiger partial charge in [-0.25, -0.2) is 9.18 Å². The van der Waals surface area contributed by atoms with Gasteiger partial charge in [-0.05, 0) is 31.0 Å². The van der Waals surface area contributed by atoms with Crippen LogP contribution in [0, 0.1) is 17.1 Å². The van der Waals surface area contributed by atoms with Gasteiger partial charge in [-0.3, -0.25) is 0 Å². The molecule has 0 unspecified atom stereocenters. The number of nitrogens with one attached hydrogen (secondary N) is 2. The fourth-order valence-corrected chi connectivity index (χ4v) is 2.11. The third-order valence-electron chi connectivity index (χ3n) is 3.04. The van der Waals surface area contributed by atoms with Crippen molar-refractivity contribution in [2.75, 3.05) is 5.32 Å². The molecular formula is C13H14FN3O. The van der Waals surface area contributed by atoms with Crippen LogP contribution in [-0.4, -0.2) is 12.1 Å². The quantitative estimate of drug-likeness (QED) is 0.843. The third-order valence-corrected chi connectivity index (χ3v) is 3.04. The molecule has 2 amide bonds. The summed E-state index contributed by atoms with van der Waals surface area (Å²) in [7, 11) is 0. The van der Waals surface area contributed by atoms with Crippen molar-refractivity contribution in [3.63, 3.8) is 0 Å². The van der Waals surface area contributed by atoms with E-state index < -0.39 is 5.82 Å². The Kier molecular flexibility index (Phi) is 3.78. The highest BCUT2D eigenvalue weighted by molar-refractivity contribution is 5.89. The van der Waals surface area contributed by atoms with Crippen molar-refractivity contribution in [1.29, 1.82) is 5.26 Å². The number of hydrogen-bond acceptors (Lipinski definition) is 2. The summed E-state index contributed by atoms with van der Waals surface area (Å²) in [5, 5.41) is 14.1. The van der Waals surface area contributed by atoms with E-state index in [0.717, 1.165) is 25.7 Å². The lowest BCUT2D eigenvalue weighted by Gasteiger charge is -2.13. The van der Waals surface area contributed by atoms with Crippen molar-refractivity contribution in [2.45, 2.75) is 31.7 Å². The first kappa shape index (κ1) is 12.4. The van der Waals surface area contributed by atoms with Gasteiger partial charge < -0.3 is 10.6 Å². The molecule has 0 aromatic heterocycles. The van der Waals surface area contributed by atoms with E-state index in [-0.39, 0.29) is 17.6 Å². The lowest BCUT2D eigenvalue weighted by Crippen LogP contribution is -2.36. The molecule has 94 valence electrons. The molecular weight excluding hydrogens is 233 g/mol. The minimum Gasteiger partial charge on any atom is -0.335 e. The van der Waals surface area contributed by atoms with Crippen molar-refractivity contribution in [1.82, 2.24) is 5.32 Å². The number of hydrogen-bond donors (Lipinski definition) is 2. The molecule has 1 aromatic rings. The van der Waals surface area contributed by atoms with Gasteiger partial charge >= 0.3 is 6.03 Å². The number of anilines is 1. The zero-order chi connectivity index (χ0) is 13.0. The average Bonchev–Trinajstić information content (AvgIpc) is 2.84. The average molecular weight is 247 g/mol. The van der Waals surface area contributed by atoms with E-state index in [1.54, 1.807) is 6.07 Å². The fraction of sp³-hybridized carbons (Fsp3) is 0.385. The van der Waals surface area contributed by atoms with E-state index in [9.17, 15) is 9.18 Å². The first-order valence-electron chi connectivity index (χ1n) is 5.96. The lowest BCUT2D eigenvalue weighted by molar-refractivity contribution is 0.248. The Morgan fingerprint density at radius 1 is 1.39 bits per heavy atom. The number of halogens is 1. The van der Waals surface area contributed by atoms with Crippen LogP contribution in [0.15, 0.2) is 18.2 Å². The Balaban J connectivity index is 1.96. The van der Waals surface area contributed by atoms with Gasteiger partial charge in [0.15, 0.2) is 0 Å². The van der Waals surface area contributed by atoms with Crippen molar-refractivity contribution in [3.05, 3.63) is 29.6 Å². The maximum absolute atomic E-state index is 13.1. The molecule has 0 aliphatic heterocycles. The van der Waals surface area contributed by atoms with Crippen LogP contribution in [0.25, 0.3) is 0 Å². The van der Waals surface area contributed by atoms with E-state index in [1.807, 2.05) is 0 Å². The van der Waals surface area contributed by atoms with Crippen LogP contribution in [0.4, 0.5) is 14.9 Å². The van der Waals surface area contributed by atoms with Gasteiger partial charge in [-0.1, -0.05) is 12.8 Å². The summed E-state index contributed by atoms with van der Waals surface area (Å²) in [6, 6.07) is 5.58.